The maximum atomic E-state index is 3.76. The summed E-state index contributed by atoms with van der Waals surface area (Å²) >= 11 is 0. The molecule has 26 heavy (non-hydrogen) atoms. The molecule has 0 bridgehead atoms. The highest BCUT2D eigenvalue weighted by atomic mass is 15.1. The van der Waals surface area contributed by atoms with Crippen molar-refractivity contribution in [3.8, 4) is 0 Å². The predicted molar refractivity (Wildman–Crippen MR) is 116 cm³/mol. The van der Waals surface area contributed by atoms with E-state index in [0.29, 0.717) is 24.2 Å². The smallest absolute Gasteiger partial charge is 0.00801 e. The van der Waals surface area contributed by atoms with E-state index in [-0.39, 0.29) is 5.41 Å². The van der Waals surface area contributed by atoms with E-state index in [1.54, 1.807) is 0 Å². The van der Waals surface area contributed by atoms with Crippen molar-refractivity contribution in [1.29, 1.82) is 0 Å². The van der Waals surface area contributed by atoms with Gasteiger partial charge in [-0.05, 0) is 52.1 Å². The molecule has 1 rings (SSSR count). The number of hydrogen-bond acceptors (Lipinski definition) is 4. The number of nitrogens with zero attached hydrogens (tertiary/aromatic N) is 1. The maximum Gasteiger partial charge on any atom is 0.00801 e. The molecule has 0 amide bonds. The summed E-state index contributed by atoms with van der Waals surface area (Å²) in [5.41, 5.74) is 0.281. The lowest BCUT2D eigenvalue weighted by molar-refractivity contribution is 0.105. The van der Waals surface area contributed by atoms with Crippen molar-refractivity contribution in [2.45, 2.75) is 98.8 Å². The maximum absolute atomic E-state index is 3.76. The third-order valence-electron chi connectivity index (χ3n) is 5.76. The normalized spacial score (nSPS) is 18.0. The number of hydrogen-bond donors (Lipinski definition) is 3. The second kappa shape index (κ2) is 11.6. The molecule has 4 heteroatoms. The Morgan fingerprint density at radius 1 is 0.731 bits per heavy atom. The van der Waals surface area contributed by atoms with E-state index < -0.39 is 0 Å². The standard InChI is InChI=1S/C22H48N4/c1-17(2)23-14-22(15-24-18(3)4,16-25-19(5)6)13-21-9-11-26(12-10-21)20(7)8/h17-21,23-25H,9-16H2,1-8H3. The second-order valence-corrected chi connectivity index (χ2v) is 9.88. The number of piperidine rings is 1. The molecule has 1 heterocycles. The molecule has 0 radical (unpaired) electrons. The van der Waals surface area contributed by atoms with E-state index in [4.69, 9.17) is 0 Å². The van der Waals surface area contributed by atoms with Crippen molar-refractivity contribution >= 4 is 0 Å². The predicted octanol–water partition coefficient (Wildman–Crippen LogP) is 3.48. The molecule has 0 unspecified atom stereocenters. The van der Waals surface area contributed by atoms with Crippen molar-refractivity contribution in [3.63, 3.8) is 0 Å². The number of rotatable bonds is 12. The summed E-state index contributed by atoms with van der Waals surface area (Å²) < 4.78 is 0. The Kier molecular flexibility index (Phi) is 10.7. The Balaban J connectivity index is 2.80. The van der Waals surface area contributed by atoms with E-state index in [2.05, 4.69) is 76.2 Å². The van der Waals surface area contributed by atoms with Crippen LogP contribution in [0.1, 0.15) is 74.7 Å². The Morgan fingerprint density at radius 3 is 1.42 bits per heavy atom. The molecule has 1 fully saturated rings. The monoisotopic (exact) mass is 368 g/mol. The number of likely N-dealkylation sites (tertiary alicyclic amines) is 1. The molecule has 1 aliphatic rings. The van der Waals surface area contributed by atoms with Gasteiger partial charge in [0.1, 0.15) is 0 Å². The van der Waals surface area contributed by atoms with E-state index in [0.717, 1.165) is 25.6 Å². The van der Waals surface area contributed by atoms with Crippen LogP contribution < -0.4 is 16.0 Å². The highest BCUT2D eigenvalue weighted by molar-refractivity contribution is 4.91. The van der Waals surface area contributed by atoms with Gasteiger partial charge in [-0.3, -0.25) is 0 Å². The molecule has 156 valence electrons. The first-order valence-corrected chi connectivity index (χ1v) is 11.1. The Morgan fingerprint density at radius 2 is 1.12 bits per heavy atom. The van der Waals surface area contributed by atoms with Crippen molar-refractivity contribution in [2.75, 3.05) is 32.7 Å². The molecule has 3 N–H and O–H groups in total. The molecule has 4 nitrogen and oxygen atoms in total. The lowest BCUT2D eigenvalue weighted by atomic mass is 9.75. The van der Waals surface area contributed by atoms with Crippen LogP contribution in [0.4, 0.5) is 0 Å². The Bertz CT molecular complexity index is 326. The van der Waals surface area contributed by atoms with Gasteiger partial charge in [0.05, 0.1) is 0 Å². The lowest BCUT2D eigenvalue weighted by Gasteiger charge is -2.42. The Labute approximate surface area is 164 Å². The average molecular weight is 369 g/mol. The Hall–Kier alpha value is -0.160. The average Bonchev–Trinajstić information content (AvgIpc) is 2.56. The first-order chi connectivity index (χ1) is 12.1. The zero-order valence-corrected chi connectivity index (χ0v) is 19.0. The van der Waals surface area contributed by atoms with Crippen molar-refractivity contribution in [3.05, 3.63) is 0 Å². The van der Waals surface area contributed by atoms with Crippen LogP contribution in [0.15, 0.2) is 0 Å². The SMILES string of the molecule is CC(C)NCC(CNC(C)C)(CNC(C)C)CC1CCN(C(C)C)CC1. The van der Waals surface area contributed by atoms with Gasteiger partial charge in [0.15, 0.2) is 0 Å². The van der Waals surface area contributed by atoms with Gasteiger partial charge in [-0.25, -0.2) is 0 Å². The molecule has 1 aliphatic heterocycles. The summed E-state index contributed by atoms with van der Waals surface area (Å²) in [6, 6.07) is 2.30. The summed E-state index contributed by atoms with van der Waals surface area (Å²) in [4.78, 5) is 2.64. The topological polar surface area (TPSA) is 39.3 Å². The summed E-state index contributed by atoms with van der Waals surface area (Å²) in [5.74, 6) is 0.849. The highest BCUT2D eigenvalue weighted by Crippen LogP contribution is 2.32. The van der Waals surface area contributed by atoms with Crippen LogP contribution in [-0.4, -0.2) is 61.8 Å². The van der Waals surface area contributed by atoms with Crippen LogP contribution in [0.2, 0.25) is 0 Å². The van der Waals surface area contributed by atoms with Crippen LogP contribution in [0.5, 0.6) is 0 Å². The minimum Gasteiger partial charge on any atom is -0.314 e. The van der Waals surface area contributed by atoms with E-state index in [1.807, 2.05) is 0 Å². The van der Waals surface area contributed by atoms with Gasteiger partial charge in [-0.15, -0.1) is 0 Å². The summed E-state index contributed by atoms with van der Waals surface area (Å²) in [5, 5.41) is 11.3. The fourth-order valence-corrected chi connectivity index (χ4v) is 3.95. The zero-order valence-electron chi connectivity index (χ0n) is 19.0. The quantitative estimate of drug-likeness (QED) is 0.493. The fourth-order valence-electron chi connectivity index (χ4n) is 3.95. The number of nitrogens with one attached hydrogen (secondary N) is 3. The molecule has 0 spiro atoms. The molecule has 0 saturated carbocycles. The molecule has 0 aliphatic carbocycles. The minimum absolute atomic E-state index is 0.281. The van der Waals surface area contributed by atoms with Gasteiger partial charge in [-0.2, -0.15) is 0 Å². The summed E-state index contributed by atoms with van der Waals surface area (Å²) in [7, 11) is 0. The van der Waals surface area contributed by atoms with Gasteiger partial charge in [0.2, 0.25) is 0 Å². The molecular weight excluding hydrogens is 320 g/mol. The summed E-state index contributed by atoms with van der Waals surface area (Å²) in [6.45, 7) is 24.0. The van der Waals surface area contributed by atoms with E-state index in [9.17, 15) is 0 Å². The molecular formula is C22H48N4. The molecule has 0 aromatic rings. The van der Waals surface area contributed by atoms with E-state index >= 15 is 0 Å². The third-order valence-corrected chi connectivity index (χ3v) is 5.76. The third kappa shape index (κ3) is 9.16. The highest BCUT2D eigenvalue weighted by Gasteiger charge is 2.34. The molecule has 0 aromatic carbocycles. The minimum atomic E-state index is 0.281. The lowest BCUT2D eigenvalue weighted by Crippen LogP contribution is -2.53. The first-order valence-electron chi connectivity index (χ1n) is 11.1. The van der Waals surface area contributed by atoms with Crippen LogP contribution in [0, 0.1) is 11.3 Å². The van der Waals surface area contributed by atoms with Crippen LogP contribution >= 0.6 is 0 Å². The van der Waals surface area contributed by atoms with Crippen molar-refractivity contribution < 1.29 is 0 Å². The molecule has 0 aromatic heterocycles. The van der Waals surface area contributed by atoms with Gasteiger partial charge in [0, 0.05) is 49.2 Å². The molecule has 1 saturated heterocycles. The summed E-state index contributed by atoms with van der Waals surface area (Å²) in [6.07, 6.45) is 4.02. The zero-order chi connectivity index (χ0) is 19.7. The molecule has 0 atom stereocenters. The second-order valence-electron chi connectivity index (χ2n) is 9.88. The van der Waals surface area contributed by atoms with Crippen LogP contribution in [-0.2, 0) is 0 Å². The van der Waals surface area contributed by atoms with Gasteiger partial charge in [-0.1, -0.05) is 41.5 Å². The van der Waals surface area contributed by atoms with Crippen molar-refractivity contribution in [2.24, 2.45) is 11.3 Å². The fraction of sp³-hybridized carbons (Fsp3) is 1.00. The van der Waals surface area contributed by atoms with Gasteiger partial charge >= 0.3 is 0 Å². The largest absolute Gasteiger partial charge is 0.314 e. The van der Waals surface area contributed by atoms with Crippen molar-refractivity contribution in [1.82, 2.24) is 20.9 Å². The van der Waals surface area contributed by atoms with Gasteiger partial charge < -0.3 is 20.9 Å². The van der Waals surface area contributed by atoms with E-state index in [1.165, 1.54) is 32.4 Å². The van der Waals surface area contributed by atoms with Crippen LogP contribution in [0.3, 0.4) is 0 Å². The van der Waals surface area contributed by atoms with Gasteiger partial charge in [0.25, 0.3) is 0 Å². The first kappa shape index (κ1) is 23.9. The van der Waals surface area contributed by atoms with Crippen LogP contribution in [0.25, 0.3) is 0 Å².